The predicted octanol–water partition coefficient (Wildman–Crippen LogP) is 1.08. The second-order valence-corrected chi connectivity index (χ2v) is 8.17. The molecule has 3 atom stereocenters. The van der Waals surface area contributed by atoms with Crippen LogP contribution >= 0.6 is 0 Å². The Morgan fingerprint density at radius 3 is 2.16 bits per heavy atom. The van der Waals surface area contributed by atoms with Crippen LogP contribution < -0.4 is 21.7 Å². The largest absolute Gasteiger partial charge is 0.345 e. The minimum atomic E-state index is -0.879. The number of aldehydes is 1. The van der Waals surface area contributed by atoms with Crippen LogP contribution in [-0.2, 0) is 25.6 Å². The van der Waals surface area contributed by atoms with Crippen LogP contribution in [0.4, 0.5) is 0 Å². The number of hydrogen-bond acceptors (Lipinski definition) is 5. The first kappa shape index (κ1) is 26.3. The molecule has 8 nitrogen and oxygen atoms in total. The van der Waals surface area contributed by atoms with Gasteiger partial charge in [0.2, 0.25) is 17.7 Å². The Kier molecular flexibility index (Phi) is 12.1. The maximum atomic E-state index is 13.0. The molecule has 0 aliphatic heterocycles. The van der Waals surface area contributed by atoms with Crippen LogP contribution in [0.3, 0.4) is 0 Å². The monoisotopic (exact) mass is 432 g/mol. The molecule has 0 aliphatic rings. The summed E-state index contributed by atoms with van der Waals surface area (Å²) >= 11 is 0. The zero-order chi connectivity index (χ0) is 23.2. The first-order valence-corrected chi connectivity index (χ1v) is 10.8. The highest BCUT2D eigenvalue weighted by molar-refractivity contribution is 5.92. The number of benzene rings is 1. The van der Waals surface area contributed by atoms with Crippen LogP contribution in [-0.4, -0.2) is 48.7 Å². The van der Waals surface area contributed by atoms with Crippen molar-refractivity contribution in [2.75, 3.05) is 6.54 Å². The number of carbonyl (C=O) groups excluding carboxylic acids is 4. The molecule has 172 valence electrons. The number of nitrogens with one attached hydrogen (secondary N) is 3. The van der Waals surface area contributed by atoms with Gasteiger partial charge in [0.25, 0.3) is 0 Å². The highest BCUT2D eigenvalue weighted by atomic mass is 16.2. The number of rotatable bonds is 14. The van der Waals surface area contributed by atoms with Gasteiger partial charge in [0, 0.05) is 13.3 Å². The van der Waals surface area contributed by atoms with Gasteiger partial charge in [0.1, 0.15) is 18.4 Å². The minimum Gasteiger partial charge on any atom is -0.345 e. The lowest BCUT2D eigenvalue weighted by molar-refractivity contribution is -0.132. The van der Waals surface area contributed by atoms with E-state index in [0.29, 0.717) is 25.7 Å². The molecule has 0 saturated carbocycles. The summed E-state index contributed by atoms with van der Waals surface area (Å²) in [7, 11) is 0. The number of amides is 3. The molecule has 1 rings (SSSR count). The van der Waals surface area contributed by atoms with Crippen molar-refractivity contribution < 1.29 is 19.2 Å². The summed E-state index contributed by atoms with van der Waals surface area (Å²) in [6.07, 6.45) is 3.38. The third kappa shape index (κ3) is 10.7. The maximum absolute atomic E-state index is 13.0. The van der Waals surface area contributed by atoms with Gasteiger partial charge in [-0.1, -0.05) is 44.2 Å². The Balaban J connectivity index is 2.95. The summed E-state index contributed by atoms with van der Waals surface area (Å²) in [4.78, 5) is 48.8. The van der Waals surface area contributed by atoms with E-state index < -0.39 is 29.9 Å². The summed E-state index contributed by atoms with van der Waals surface area (Å²) in [6, 6.07) is 7.04. The molecule has 8 heteroatoms. The standard InChI is InChI=1S/C23H36N4O4/c1-16(2)13-20(25-17(3)29)23(31)27-21(14-18-9-5-4-6-10-18)22(30)26-19(15-28)11-7-8-12-24/h4-6,9-10,15-16,19-21H,7-8,11-14,24H2,1-3H3,(H,25,29)(H,26,30)(H,27,31)/t19-,20-,21-/m0/s1. The molecule has 0 aliphatic carbocycles. The van der Waals surface area contributed by atoms with Crippen molar-refractivity contribution in [1.82, 2.24) is 16.0 Å². The van der Waals surface area contributed by atoms with E-state index in [-0.39, 0.29) is 18.2 Å². The van der Waals surface area contributed by atoms with E-state index in [4.69, 9.17) is 5.73 Å². The van der Waals surface area contributed by atoms with Gasteiger partial charge in [-0.05, 0) is 43.7 Å². The van der Waals surface area contributed by atoms with E-state index in [9.17, 15) is 19.2 Å². The van der Waals surface area contributed by atoms with Gasteiger partial charge in [-0.15, -0.1) is 0 Å². The fourth-order valence-corrected chi connectivity index (χ4v) is 3.25. The Hall–Kier alpha value is -2.74. The zero-order valence-electron chi connectivity index (χ0n) is 18.7. The quantitative estimate of drug-likeness (QED) is 0.258. The molecule has 0 radical (unpaired) electrons. The first-order valence-electron chi connectivity index (χ1n) is 10.8. The highest BCUT2D eigenvalue weighted by Crippen LogP contribution is 2.09. The Morgan fingerprint density at radius 2 is 1.61 bits per heavy atom. The molecule has 1 aromatic rings. The van der Waals surface area contributed by atoms with Crippen LogP contribution in [0, 0.1) is 5.92 Å². The summed E-state index contributed by atoms with van der Waals surface area (Å²) in [5.41, 5.74) is 6.36. The Labute approximate surface area is 184 Å². The third-order valence-electron chi connectivity index (χ3n) is 4.78. The minimum absolute atomic E-state index is 0.172. The zero-order valence-corrected chi connectivity index (χ0v) is 18.7. The summed E-state index contributed by atoms with van der Waals surface area (Å²) in [6.45, 7) is 5.77. The van der Waals surface area contributed by atoms with E-state index in [1.807, 2.05) is 44.2 Å². The van der Waals surface area contributed by atoms with Crippen molar-refractivity contribution in [3.8, 4) is 0 Å². The molecule has 5 N–H and O–H groups in total. The number of hydrogen-bond donors (Lipinski definition) is 4. The molecule has 0 spiro atoms. The highest BCUT2D eigenvalue weighted by Gasteiger charge is 2.28. The topological polar surface area (TPSA) is 130 Å². The van der Waals surface area contributed by atoms with Crippen molar-refractivity contribution in [2.45, 2.75) is 71.0 Å². The molecule has 0 heterocycles. The lowest BCUT2D eigenvalue weighted by atomic mass is 10.0. The van der Waals surface area contributed by atoms with Crippen LogP contribution in [0.15, 0.2) is 30.3 Å². The van der Waals surface area contributed by atoms with Crippen LogP contribution in [0.25, 0.3) is 0 Å². The van der Waals surface area contributed by atoms with Crippen molar-refractivity contribution in [2.24, 2.45) is 11.7 Å². The van der Waals surface area contributed by atoms with Crippen molar-refractivity contribution in [1.29, 1.82) is 0 Å². The number of nitrogens with two attached hydrogens (primary N) is 1. The molecule has 0 bridgehead atoms. The second kappa shape index (κ2) is 14.3. The van der Waals surface area contributed by atoms with Crippen molar-refractivity contribution in [3.05, 3.63) is 35.9 Å². The lowest BCUT2D eigenvalue weighted by Gasteiger charge is -2.25. The third-order valence-corrected chi connectivity index (χ3v) is 4.78. The SMILES string of the molecule is CC(=O)N[C@@H](CC(C)C)C(=O)N[C@@H](Cc1ccccc1)C(=O)N[C@H](C=O)CCCCN. The Bertz CT molecular complexity index is 709. The average Bonchev–Trinajstić information content (AvgIpc) is 2.72. The summed E-state index contributed by atoms with van der Waals surface area (Å²) in [5.74, 6) is -1.00. The second-order valence-electron chi connectivity index (χ2n) is 8.17. The van der Waals surface area contributed by atoms with Gasteiger partial charge in [-0.25, -0.2) is 0 Å². The van der Waals surface area contributed by atoms with Crippen LogP contribution in [0.2, 0.25) is 0 Å². The van der Waals surface area contributed by atoms with E-state index in [1.165, 1.54) is 6.92 Å². The molecule has 31 heavy (non-hydrogen) atoms. The van der Waals surface area contributed by atoms with E-state index >= 15 is 0 Å². The van der Waals surface area contributed by atoms with Gasteiger partial charge in [0.05, 0.1) is 6.04 Å². The molecule has 1 aromatic carbocycles. The van der Waals surface area contributed by atoms with E-state index in [1.54, 1.807) is 0 Å². The molecule has 3 amide bonds. The lowest BCUT2D eigenvalue weighted by Crippen LogP contribution is -2.55. The van der Waals surface area contributed by atoms with Gasteiger partial charge in [-0.2, -0.15) is 0 Å². The summed E-state index contributed by atoms with van der Waals surface area (Å²) in [5, 5.41) is 8.15. The van der Waals surface area contributed by atoms with E-state index in [0.717, 1.165) is 18.4 Å². The molecule has 0 saturated heterocycles. The van der Waals surface area contributed by atoms with Crippen LogP contribution in [0.5, 0.6) is 0 Å². The molecule has 0 fully saturated rings. The number of carbonyl (C=O) groups is 4. The molecule has 0 unspecified atom stereocenters. The molecule has 0 aromatic heterocycles. The fraction of sp³-hybridized carbons (Fsp3) is 0.565. The maximum Gasteiger partial charge on any atom is 0.243 e. The van der Waals surface area contributed by atoms with E-state index in [2.05, 4.69) is 16.0 Å². The van der Waals surface area contributed by atoms with Gasteiger partial charge in [-0.3, -0.25) is 14.4 Å². The fourth-order valence-electron chi connectivity index (χ4n) is 3.25. The normalized spacial score (nSPS) is 13.7. The predicted molar refractivity (Wildman–Crippen MR) is 120 cm³/mol. The van der Waals surface area contributed by atoms with Gasteiger partial charge >= 0.3 is 0 Å². The van der Waals surface area contributed by atoms with Crippen molar-refractivity contribution >= 4 is 24.0 Å². The molecular weight excluding hydrogens is 396 g/mol. The first-order chi connectivity index (χ1) is 14.8. The number of unbranched alkanes of at least 4 members (excludes halogenated alkanes) is 1. The Morgan fingerprint density at radius 1 is 0.968 bits per heavy atom. The summed E-state index contributed by atoms with van der Waals surface area (Å²) < 4.78 is 0. The van der Waals surface area contributed by atoms with Crippen molar-refractivity contribution in [3.63, 3.8) is 0 Å². The van der Waals surface area contributed by atoms with Gasteiger partial charge in [0.15, 0.2) is 0 Å². The van der Waals surface area contributed by atoms with Gasteiger partial charge < -0.3 is 26.5 Å². The average molecular weight is 433 g/mol. The smallest absolute Gasteiger partial charge is 0.243 e. The molecular formula is C23H36N4O4. The van der Waals surface area contributed by atoms with Crippen LogP contribution in [0.1, 0.15) is 52.0 Å².